The van der Waals surface area contributed by atoms with E-state index in [9.17, 15) is 19.6 Å². The average Bonchev–Trinajstić information content (AvgIpc) is 3.08. The molecule has 2 amide bonds. The van der Waals surface area contributed by atoms with Crippen LogP contribution in [0.5, 0.6) is 0 Å². The maximum atomic E-state index is 12.9. The van der Waals surface area contributed by atoms with Crippen molar-refractivity contribution in [2.45, 2.75) is 64.3 Å². The number of aliphatic imine (C=N–C) groups is 1. The number of nitrogens with one attached hydrogen (secondary N) is 4. The predicted molar refractivity (Wildman–Crippen MR) is 185 cm³/mol. The van der Waals surface area contributed by atoms with E-state index in [1.54, 1.807) is 12.1 Å². The van der Waals surface area contributed by atoms with Crippen LogP contribution >= 0.6 is 0 Å². The number of nitrogens with zero attached hydrogens (tertiary/aromatic N) is 1. The number of carboxylic acids is 1. The van der Waals surface area contributed by atoms with Crippen molar-refractivity contribution >= 4 is 41.0 Å². The van der Waals surface area contributed by atoms with E-state index in [2.05, 4.69) is 27.0 Å². The number of carbonyl (C=O) groups excluding carboxylic acids is 3. The normalized spacial score (nSPS) is 16.8. The number of fused-ring (bicyclic) bond motifs is 2. The van der Waals surface area contributed by atoms with E-state index in [0.717, 1.165) is 29.2 Å². The number of anilines is 1. The van der Waals surface area contributed by atoms with E-state index < -0.39 is 12.0 Å². The van der Waals surface area contributed by atoms with E-state index in [0.29, 0.717) is 24.1 Å². The van der Waals surface area contributed by atoms with Gasteiger partial charge >= 0.3 is 0 Å². The van der Waals surface area contributed by atoms with Crippen LogP contribution in [0.25, 0.3) is 0 Å². The molecule has 0 spiro atoms. The number of benzene rings is 3. The number of Topliss-reactive ketones (excluding diaryl/α,β-unsaturated/α-hetero) is 1. The molecule has 1 aliphatic heterocycles. The van der Waals surface area contributed by atoms with Gasteiger partial charge in [0.25, 0.3) is 5.97 Å². The molecule has 0 fully saturated rings. The van der Waals surface area contributed by atoms with Crippen molar-refractivity contribution in [2.75, 3.05) is 12.5 Å². The first kappa shape index (κ1) is 37.1. The maximum absolute atomic E-state index is 12.9. The van der Waals surface area contributed by atoms with Gasteiger partial charge in [-0.05, 0) is 59.0 Å². The minimum Gasteiger partial charge on any atom is -0.481 e. The number of carbonyl (C=O) groups is 4. The van der Waals surface area contributed by atoms with Gasteiger partial charge < -0.3 is 15.7 Å². The summed E-state index contributed by atoms with van der Waals surface area (Å²) in [7, 11) is 1.52. The first-order chi connectivity index (χ1) is 23.0. The van der Waals surface area contributed by atoms with Gasteiger partial charge in [0, 0.05) is 51.1 Å². The third-order valence-electron chi connectivity index (χ3n) is 7.90. The molecule has 0 aliphatic carbocycles. The van der Waals surface area contributed by atoms with Gasteiger partial charge in [-0.15, -0.1) is 0 Å². The summed E-state index contributed by atoms with van der Waals surface area (Å²) in [5.41, 5.74) is 7.14. The molecule has 1 heterocycles. The Balaban J connectivity index is 0.00000148. The van der Waals surface area contributed by atoms with Crippen LogP contribution in [0.4, 0.5) is 5.69 Å². The van der Waals surface area contributed by atoms with Crippen molar-refractivity contribution in [1.29, 1.82) is 5.41 Å². The highest BCUT2D eigenvalue weighted by atomic mass is 16.5. The van der Waals surface area contributed by atoms with Gasteiger partial charge in [-0.25, -0.2) is 0 Å². The summed E-state index contributed by atoms with van der Waals surface area (Å²) >= 11 is 0. The summed E-state index contributed by atoms with van der Waals surface area (Å²) in [6.45, 7) is 3.09. The molecule has 48 heavy (non-hydrogen) atoms. The van der Waals surface area contributed by atoms with Crippen molar-refractivity contribution in [2.24, 2.45) is 10.9 Å². The third kappa shape index (κ3) is 11.2. The SMILES string of the molecule is CC(=O)O.CNC(=O)C1Cc2ccc(NO)c(c2C[C@@H](C)C=C=NC(=N)c2ccccc2)C(c2ccccc2)CCC(=O)CCC(=O)N1. The second-order valence-corrected chi connectivity index (χ2v) is 11.6. The van der Waals surface area contributed by atoms with Crippen molar-refractivity contribution in [1.82, 2.24) is 10.6 Å². The van der Waals surface area contributed by atoms with Gasteiger partial charge in [-0.3, -0.25) is 35.3 Å². The van der Waals surface area contributed by atoms with E-state index in [1.165, 1.54) is 7.05 Å². The number of likely N-dealkylation sites (N-methyl/N-ethyl adjacent to an activating group) is 1. The van der Waals surface area contributed by atoms with Crippen LogP contribution in [0.2, 0.25) is 0 Å². The number of aliphatic carboxylic acids is 1. The first-order valence-corrected chi connectivity index (χ1v) is 15.8. The Morgan fingerprint density at radius 2 is 1.69 bits per heavy atom. The monoisotopic (exact) mass is 653 g/mol. The molecular weight excluding hydrogens is 610 g/mol. The van der Waals surface area contributed by atoms with Crippen molar-refractivity contribution in [3.63, 3.8) is 0 Å². The largest absolute Gasteiger partial charge is 0.481 e. The molecule has 252 valence electrons. The maximum Gasteiger partial charge on any atom is 0.300 e. The van der Waals surface area contributed by atoms with Gasteiger partial charge in [0.2, 0.25) is 11.8 Å². The highest BCUT2D eigenvalue weighted by molar-refractivity contribution is 6.00. The van der Waals surface area contributed by atoms with Crippen LogP contribution < -0.4 is 16.1 Å². The van der Waals surface area contributed by atoms with Crippen molar-refractivity contribution in [3.05, 3.63) is 107 Å². The Bertz CT molecular complexity index is 1650. The van der Waals surface area contributed by atoms with Crippen LogP contribution in [-0.4, -0.2) is 58.7 Å². The summed E-state index contributed by atoms with van der Waals surface area (Å²) in [6.07, 6.45) is 3.35. The highest BCUT2D eigenvalue weighted by Gasteiger charge is 2.28. The Hall–Kier alpha value is -5.38. The lowest BCUT2D eigenvalue weighted by Gasteiger charge is -2.28. The number of rotatable bonds is 7. The summed E-state index contributed by atoms with van der Waals surface area (Å²) < 4.78 is 0. The number of carboxylic acid groups (broad SMARTS) is 1. The lowest BCUT2D eigenvalue weighted by atomic mass is 9.79. The van der Waals surface area contributed by atoms with Crippen LogP contribution in [0.1, 0.15) is 73.3 Å². The van der Waals surface area contributed by atoms with E-state index in [4.69, 9.17) is 15.3 Å². The lowest BCUT2D eigenvalue weighted by Crippen LogP contribution is -2.47. The summed E-state index contributed by atoms with van der Waals surface area (Å²) in [5.74, 6) is 1.11. The van der Waals surface area contributed by atoms with Crippen LogP contribution in [0.3, 0.4) is 0 Å². The average molecular weight is 654 g/mol. The Morgan fingerprint density at radius 1 is 1.04 bits per heavy atom. The quantitative estimate of drug-likeness (QED) is 0.117. The Kier molecular flexibility index (Phi) is 14.4. The molecule has 11 nitrogen and oxygen atoms in total. The van der Waals surface area contributed by atoms with Gasteiger partial charge in [0.15, 0.2) is 5.84 Å². The zero-order valence-electron chi connectivity index (χ0n) is 27.5. The lowest BCUT2D eigenvalue weighted by molar-refractivity contribution is -0.134. The number of amides is 2. The summed E-state index contributed by atoms with van der Waals surface area (Å²) in [4.78, 5) is 51.8. The minimum atomic E-state index is -0.850. The third-order valence-corrected chi connectivity index (χ3v) is 7.90. The topological polar surface area (TPSA) is 181 Å². The van der Waals surface area contributed by atoms with Crippen LogP contribution in [0.15, 0.2) is 83.9 Å². The molecule has 0 radical (unpaired) electrons. The second kappa shape index (κ2) is 18.7. The van der Waals surface area contributed by atoms with E-state index in [1.807, 2.05) is 73.7 Å². The zero-order valence-corrected chi connectivity index (χ0v) is 27.5. The Labute approximate surface area is 280 Å². The molecule has 3 aromatic rings. The molecule has 6 N–H and O–H groups in total. The Morgan fingerprint density at radius 3 is 2.31 bits per heavy atom. The predicted octanol–water partition coefficient (Wildman–Crippen LogP) is 5.06. The van der Waals surface area contributed by atoms with Gasteiger partial charge in [0.1, 0.15) is 11.8 Å². The van der Waals surface area contributed by atoms with Crippen molar-refractivity contribution < 1.29 is 29.5 Å². The number of amidine groups is 1. The molecule has 0 aromatic heterocycles. The fraction of sp³-hybridized carbons (Fsp3) is 0.324. The second-order valence-electron chi connectivity index (χ2n) is 11.6. The van der Waals surface area contributed by atoms with Gasteiger partial charge in [0.05, 0.1) is 5.69 Å². The molecule has 11 heteroatoms. The first-order valence-electron chi connectivity index (χ1n) is 15.8. The number of ketones is 1. The molecule has 1 aliphatic rings. The number of allylic oxidation sites excluding steroid dienone is 1. The van der Waals surface area contributed by atoms with Crippen molar-refractivity contribution in [3.8, 4) is 0 Å². The molecule has 0 saturated heterocycles. The zero-order chi connectivity index (χ0) is 35.1. The standard InChI is InChI=1S/C35H39N5O4.C2H4O2/c1-23(19-20-38-34(36)25-11-7-4-8-12-25)21-29-26-13-17-30(40-44)33(29)28(24-9-5-3-6-10-24)16-14-27(41)15-18-32(42)39-31(22-26)35(43)37-2;1-2(3)4/h3-13,17,19,23,28,31,36,40,44H,14-16,18,21-22H2,1-2H3,(H,37,43)(H,39,42);1H3,(H,3,4)/t23-,28?,31?;/m0./s1. The molecule has 2 unspecified atom stereocenters. The fourth-order valence-electron chi connectivity index (χ4n) is 5.62. The minimum absolute atomic E-state index is 0.00929. The molecule has 3 aromatic carbocycles. The number of hydrogen-bond donors (Lipinski definition) is 6. The molecule has 0 saturated carbocycles. The molecule has 4 rings (SSSR count). The van der Waals surface area contributed by atoms with E-state index >= 15 is 0 Å². The van der Waals surface area contributed by atoms with Gasteiger partial charge in [-0.1, -0.05) is 73.7 Å². The highest BCUT2D eigenvalue weighted by Crippen LogP contribution is 2.39. The van der Waals surface area contributed by atoms with Crippen LogP contribution in [0, 0.1) is 11.3 Å². The van der Waals surface area contributed by atoms with E-state index in [-0.39, 0.29) is 61.0 Å². The fourth-order valence-corrected chi connectivity index (χ4v) is 5.62. The summed E-state index contributed by atoms with van der Waals surface area (Å²) in [5, 5.41) is 31.4. The molecular formula is C37H43N5O6. The summed E-state index contributed by atoms with van der Waals surface area (Å²) in [6, 6.07) is 21.8. The molecule has 2 bridgehead atoms. The molecule has 3 atom stereocenters. The smallest absolute Gasteiger partial charge is 0.300 e. The van der Waals surface area contributed by atoms with Gasteiger partial charge in [-0.2, -0.15) is 4.99 Å². The number of hydrogen-bond acceptors (Lipinski definition) is 7. The van der Waals surface area contributed by atoms with Crippen LogP contribution in [-0.2, 0) is 32.0 Å².